The lowest BCUT2D eigenvalue weighted by Gasteiger charge is -2.32. The van der Waals surface area contributed by atoms with Crippen molar-refractivity contribution in [2.75, 3.05) is 43.9 Å². The minimum Gasteiger partial charge on any atom is -0.454 e. The molecule has 0 atom stereocenters. The second-order valence-corrected chi connectivity index (χ2v) is 8.03. The second-order valence-electron chi connectivity index (χ2n) is 8.03. The fourth-order valence-electron chi connectivity index (χ4n) is 3.41. The molecule has 35 heavy (non-hydrogen) atoms. The zero-order chi connectivity index (χ0) is 24.6. The van der Waals surface area contributed by atoms with E-state index in [0.717, 1.165) is 24.7 Å². The summed E-state index contributed by atoms with van der Waals surface area (Å²) in [6.45, 7) is 2.97. The van der Waals surface area contributed by atoms with Gasteiger partial charge in [-0.05, 0) is 30.8 Å². The highest BCUT2D eigenvalue weighted by Gasteiger charge is 2.19. The van der Waals surface area contributed by atoms with Gasteiger partial charge < -0.3 is 19.3 Å². The molecule has 4 rings (SSSR count). The summed E-state index contributed by atoms with van der Waals surface area (Å²) in [4.78, 5) is 32.5. The summed E-state index contributed by atoms with van der Waals surface area (Å²) >= 11 is 0. The average molecular weight is 480 g/mol. The van der Waals surface area contributed by atoms with Gasteiger partial charge in [0.25, 0.3) is 0 Å². The number of likely N-dealkylation sites (N-methyl/N-ethyl adjacent to an activating group) is 1. The number of nitrogens with zero attached hydrogens (tertiary/aromatic N) is 3. The lowest BCUT2D eigenvalue weighted by atomic mass is 10.2. The first-order valence-electron chi connectivity index (χ1n) is 11.1. The number of aromatic nitrogens is 1. The van der Waals surface area contributed by atoms with E-state index in [9.17, 15) is 14.0 Å². The van der Waals surface area contributed by atoms with Crippen molar-refractivity contribution in [3.8, 4) is 11.5 Å². The summed E-state index contributed by atoms with van der Waals surface area (Å²) in [7, 11) is 2.01. The number of hydrogen-bond acceptors (Lipinski definition) is 6. The van der Waals surface area contributed by atoms with E-state index in [1.54, 1.807) is 11.0 Å². The van der Waals surface area contributed by atoms with Crippen LogP contribution in [0.2, 0.25) is 0 Å². The van der Waals surface area contributed by atoms with Crippen molar-refractivity contribution in [2.45, 2.75) is 6.61 Å². The molecule has 1 aromatic heterocycles. The molecule has 1 saturated heterocycles. The maximum Gasteiger partial charge on any atom is 0.411 e. The molecular formula is C25H26FN5O4. The molecule has 3 aromatic rings. The van der Waals surface area contributed by atoms with Crippen molar-refractivity contribution < 1.29 is 23.5 Å². The molecule has 0 bridgehead atoms. The number of amides is 3. The number of ether oxygens (including phenoxy) is 2. The third-order valence-electron chi connectivity index (χ3n) is 5.38. The van der Waals surface area contributed by atoms with Crippen LogP contribution in [-0.4, -0.2) is 60.1 Å². The first-order valence-corrected chi connectivity index (χ1v) is 11.1. The topological polar surface area (TPSA) is 96.0 Å². The smallest absolute Gasteiger partial charge is 0.411 e. The highest BCUT2D eigenvalue weighted by atomic mass is 19.1. The van der Waals surface area contributed by atoms with Crippen LogP contribution in [0.3, 0.4) is 0 Å². The number of hydrogen-bond donors (Lipinski definition) is 2. The molecule has 3 amide bonds. The lowest BCUT2D eigenvalue weighted by molar-refractivity contribution is 0.155. The van der Waals surface area contributed by atoms with Crippen LogP contribution < -0.4 is 15.4 Å². The van der Waals surface area contributed by atoms with Gasteiger partial charge in [0, 0.05) is 50.2 Å². The lowest BCUT2D eigenvalue weighted by Crippen LogP contribution is -2.48. The Balaban J connectivity index is 1.32. The molecular weight excluding hydrogens is 453 g/mol. The number of benzene rings is 2. The van der Waals surface area contributed by atoms with Gasteiger partial charge in [-0.15, -0.1) is 0 Å². The van der Waals surface area contributed by atoms with E-state index in [2.05, 4.69) is 20.5 Å². The monoisotopic (exact) mass is 479 g/mol. The van der Waals surface area contributed by atoms with E-state index < -0.39 is 11.9 Å². The van der Waals surface area contributed by atoms with Crippen molar-refractivity contribution in [3.05, 3.63) is 78.2 Å². The molecule has 2 heterocycles. The van der Waals surface area contributed by atoms with Crippen LogP contribution in [0.4, 0.5) is 25.5 Å². The molecule has 0 aliphatic carbocycles. The number of urea groups is 1. The second kappa shape index (κ2) is 11.3. The van der Waals surface area contributed by atoms with Crippen molar-refractivity contribution in [1.82, 2.24) is 14.8 Å². The van der Waals surface area contributed by atoms with Gasteiger partial charge in [0.1, 0.15) is 18.2 Å². The molecule has 1 aliphatic rings. The maximum absolute atomic E-state index is 14.6. The zero-order valence-corrected chi connectivity index (χ0v) is 19.2. The largest absolute Gasteiger partial charge is 0.454 e. The predicted molar refractivity (Wildman–Crippen MR) is 129 cm³/mol. The number of halogens is 1. The molecule has 9 nitrogen and oxygen atoms in total. The highest BCUT2D eigenvalue weighted by Crippen LogP contribution is 2.28. The van der Waals surface area contributed by atoms with E-state index in [1.807, 2.05) is 37.4 Å². The summed E-state index contributed by atoms with van der Waals surface area (Å²) in [6.07, 6.45) is 0.766. The maximum atomic E-state index is 14.6. The molecule has 2 N–H and O–H groups in total. The van der Waals surface area contributed by atoms with Crippen LogP contribution in [0, 0.1) is 5.82 Å². The molecule has 0 unspecified atom stereocenters. The van der Waals surface area contributed by atoms with Crippen molar-refractivity contribution in [3.63, 3.8) is 0 Å². The Morgan fingerprint density at radius 2 is 1.77 bits per heavy atom. The fraction of sp³-hybridized carbons (Fsp3) is 0.240. The molecule has 1 aliphatic heterocycles. The van der Waals surface area contributed by atoms with E-state index in [4.69, 9.17) is 9.47 Å². The molecule has 0 spiro atoms. The fourth-order valence-corrected chi connectivity index (χ4v) is 3.41. The Labute approximate surface area is 202 Å². The van der Waals surface area contributed by atoms with E-state index in [1.165, 1.54) is 24.4 Å². The van der Waals surface area contributed by atoms with E-state index in [-0.39, 0.29) is 24.1 Å². The standard InChI is InChI=1S/C25H26FN5O4/c1-30-11-13-31(14-12-30)24(32)29-23-16-20(9-10-27-23)35-22-8-7-19(15-21(22)26)28-25(33)34-17-18-5-3-2-4-6-18/h2-10,15-16H,11-14,17H2,1H3,(H,28,33)(H,27,29,32). The minimum atomic E-state index is -0.697. The molecule has 182 valence electrons. The zero-order valence-electron chi connectivity index (χ0n) is 19.2. The molecule has 2 aromatic carbocycles. The summed E-state index contributed by atoms with van der Waals surface area (Å²) in [5.74, 6) is -0.122. The summed E-state index contributed by atoms with van der Waals surface area (Å²) in [6, 6.07) is 16.1. The quantitative estimate of drug-likeness (QED) is 0.539. The predicted octanol–water partition coefficient (Wildman–Crippen LogP) is 4.54. The highest BCUT2D eigenvalue weighted by molar-refractivity contribution is 5.88. The molecule has 0 radical (unpaired) electrons. The van der Waals surface area contributed by atoms with Gasteiger partial charge in [0.15, 0.2) is 11.6 Å². The van der Waals surface area contributed by atoms with Gasteiger partial charge in [-0.25, -0.2) is 19.0 Å². The Hall–Kier alpha value is -4.18. The number of nitrogens with one attached hydrogen (secondary N) is 2. The SMILES string of the molecule is CN1CCN(C(=O)Nc2cc(Oc3ccc(NC(=O)OCc4ccccc4)cc3F)ccn2)CC1. The Bertz CT molecular complexity index is 1170. The normalized spacial score (nSPS) is 13.7. The number of piperazine rings is 1. The molecule has 0 saturated carbocycles. The van der Waals surface area contributed by atoms with Crippen molar-refractivity contribution in [1.29, 1.82) is 0 Å². The summed E-state index contributed by atoms with van der Waals surface area (Å²) < 4.78 is 25.4. The average Bonchev–Trinajstić information content (AvgIpc) is 2.86. The number of carbonyl (C=O) groups is 2. The van der Waals surface area contributed by atoms with Gasteiger partial charge in [-0.3, -0.25) is 10.6 Å². The van der Waals surface area contributed by atoms with Gasteiger partial charge in [0.05, 0.1) is 0 Å². The van der Waals surface area contributed by atoms with E-state index >= 15 is 0 Å². The first kappa shape index (κ1) is 24.0. The number of anilines is 2. The van der Waals surface area contributed by atoms with E-state index in [0.29, 0.717) is 24.7 Å². The Morgan fingerprint density at radius 3 is 2.51 bits per heavy atom. The van der Waals surface area contributed by atoms with Crippen LogP contribution in [0.25, 0.3) is 0 Å². The van der Waals surface area contributed by atoms with Crippen molar-refractivity contribution >= 4 is 23.6 Å². The van der Waals surface area contributed by atoms with Crippen LogP contribution in [0.1, 0.15) is 5.56 Å². The van der Waals surface area contributed by atoms with Crippen LogP contribution in [0.15, 0.2) is 66.9 Å². The van der Waals surface area contributed by atoms with Gasteiger partial charge in [-0.2, -0.15) is 0 Å². The Morgan fingerprint density at radius 1 is 1.00 bits per heavy atom. The van der Waals surface area contributed by atoms with Crippen LogP contribution in [-0.2, 0) is 11.3 Å². The first-order chi connectivity index (χ1) is 17.0. The summed E-state index contributed by atoms with van der Waals surface area (Å²) in [5.41, 5.74) is 1.07. The molecule has 10 heteroatoms. The van der Waals surface area contributed by atoms with Gasteiger partial charge >= 0.3 is 12.1 Å². The van der Waals surface area contributed by atoms with Gasteiger partial charge in [-0.1, -0.05) is 30.3 Å². The number of pyridine rings is 1. The minimum absolute atomic E-state index is 0.0456. The summed E-state index contributed by atoms with van der Waals surface area (Å²) in [5, 5.41) is 5.23. The molecule has 1 fully saturated rings. The number of rotatable bonds is 6. The third-order valence-corrected chi connectivity index (χ3v) is 5.38. The van der Waals surface area contributed by atoms with Crippen LogP contribution in [0.5, 0.6) is 11.5 Å². The van der Waals surface area contributed by atoms with Crippen molar-refractivity contribution in [2.24, 2.45) is 0 Å². The number of carbonyl (C=O) groups excluding carboxylic acids is 2. The van der Waals surface area contributed by atoms with Crippen LogP contribution >= 0.6 is 0 Å². The van der Waals surface area contributed by atoms with Gasteiger partial charge in [0.2, 0.25) is 0 Å². The third kappa shape index (κ3) is 6.90. The Kier molecular flexibility index (Phi) is 7.74.